The Hall–Kier alpha value is -0.612. The van der Waals surface area contributed by atoms with Gasteiger partial charge in [0, 0.05) is 21.1 Å². The topological polar surface area (TPSA) is 0 Å². The average Bonchev–Trinajstić information content (AvgIpc) is 2.05. The first-order valence-corrected chi connectivity index (χ1v) is 3.32. The maximum absolute atomic E-state index is 3.15. The summed E-state index contributed by atoms with van der Waals surface area (Å²) in [6.45, 7) is 0. The largest absolute Gasteiger partial charge is 0.147 e. The van der Waals surface area contributed by atoms with Gasteiger partial charge in [0.25, 0.3) is 0 Å². The van der Waals surface area contributed by atoms with E-state index in [0.717, 1.165) is 0 Å². The molecular formula is C10H7Mo-. The van der Waals surface area contributed by atoms with E-state index in [1.807, 2.05) is 24.3 Å². The van der Waals surface area contributed by atoms with Crippen LogP contribution >= 0.6 is 0 Å². The fraction of sp³-hybridized carbons (Fsp3) is 0. The van der Waals surface area contributed by atoms with Gasteiger partial charge in [-0.25, -0.2) is 0 Å². The molecule has 11 heavy (non-hydrogen) atoms. The molecule has 0 atom stereocenters. The molecule has 1 heteroatoms. The van der Waals surface area contributed by atoms with Crippen LogP contribution in [0.2, 0.25) is 0 Å². The Balaban J connectivity index is 0.000000605. The van der Waals surface area contributed by atoms with Crippen LogP contribution in [-0.2, 0) is 21.1 Å². The molecule has 0 aromatic heterocycles. The van der Waals surface area contributed by atoms with E-state index in [2.05, 4.69) is 24.3 Å². The minimum atomic E-state index is 0. The fourth-order valence-corrected chi connectivity index (χ4v) is 1.06. The Kier molecular flexibility index (Phi) is 2.84. The third-order valence-corrected chi connectivity index (χ3v) is 1.57. The van der Waals surface area contributed by atoms with Crippen molar-refractivity contribution in [3.05, 3.63) is 48.5 Å². The van der Waals surface area contributed by atoms with Crippen LogP contribution in [0.25, 0.3) is 10.8 Å². The van der Waals surface area contributed by atoms with E-state index in [0.29, 0.717) is 0 Å². The van der Waals surface area contributed by atoms with Crippen molar-refractivity contribution in [3.8, 4) is 0 Å². The van der Waals surface area contributed by atoms with Crippen molar-refractivity contribution in [2.24, 2.45) is 0 Å². The first-order chi connectivity index (χ1) is 4.97. The summed E-state index contributed by atoms with van der Waals surface area (Å²) in [7, 11) is 0. The third-order valence-electron chi connectivity index (χ3n) is 1.57. The molecule has 0 radical (unpaired) electrons. The van der Waals surface area contributed by atoms with Crippen LogP contribution < -0.4 is 0 Å². The zero-order valence-electron chi connectivity index (χ0n) is 5.95. The molecule has 0 saturated carbocycles. The molecule has 0 spiro atoms. The number of rotatable bonds is 0. The summed E-state index contributed by atoms with van der Waals surface area (Å²) in [5.41, 5.74) is 0. The zero-order valence-corrected chi connectivity index (χ0v) is 7.96. The Bertz CT molecular complexity index is 276. The summed E-state index contributed by atoms with van der Waals surface area (Å²) < 4.78 is 0. The van der Waals surface area contributed by atoms with Crippen LogP contribution in [-0.4, -0.2) is 0 Å². The SMILES string of the molecule is [Mo].[c-]1cccc2ccccc12. The van der Waals surface area contributed by atoms with Gasteiger partial charge in [-0.05, 0) is 0 Å². The van der Waals surface area contributed by atoms with Gasteiger partial charge in [0.15, 0.2) is 0 Å². The van der Waals surface area contributed by atoms with Gasteiger partial charge in [0.1, 0.15) is 0 Å². The first kappa shape index (κ1) is 8.48. The van der Waals surface area contributed by atoms with Gasteiger partial charge in [0.05, 0.1) is 0 Å². The van der Waals surface area contributed by atoms with E-state index >= 15 is 0 Å². The van der Waals surface area contributed by atoms with Crippen molar-refractivity contribution in [3.63, 3.8) is 0 Å². The molecule has 0 aliphatic heterocycles. The van der Waals surface area contributed by atoms with Crippen LogP contribution in [0.5, 0.6) is 0 Å². The molecule has 2 aromatic rings. The molecule has 0 aliphatic rings. The fourth-order valence-electron chi connectivity index (χ4n) is 1.06. The van der Waals surface area contributed by atoms with E-state index in [1.165, 1.54) is 10.8 Å². The summed E-state index contributed by atoms with van der Waals surface area (Å²) in [5.74, 6) is 0. The van der Waals surface area contributed by atoms with Crippen molar-refractivity contribution in [2.45, 2.75) is 0 Å². The molecule has 2 aromatic carbocycles. The maximum Gasteiger partial charge on any atom is 0 e. The standard InChI is InChI=1S/C10H7.Mo/c1-2-6-10-8-4-3-7-9(10)5-1;/h1-7H;/q-1;. The molecule has 0 unspecified atom stereocenters. The van der Waals surface area contributed by atoms with Gasteiger partial charge < -0.3 is 0 Å². The predicted molar refractivity (Wildman–Crippen MR) is 42.8 cm³/mol. The van der Waals surface area contributed by atoms with Gasteiger partial charge in [-0.15, -0.1) is 47.2 Å². The monoisotopic (exact) mass is 225 g/mol. The predicted octanol–water partition coefficient (Wildman–Crippen LogP) is 2.64. The molecule has 0 saturated heterocycles. The average molecular weight is 223 g/mol. The van der Waals surface area contributed by atoms with Crippen LogP contribution in [0.1, 0.15) is 0 Å². The van der Waals surface area contributed by atoms with E-state index in [-0.39, 0.29) is 21.1 Å². The molecule has 0 fully saturated rings. The summed E-state index contributed by atoms with van der Waals surface area (Å²) in [6, 6.07) is 17.4. The number of hydrogen-bond acceptors (Lipinski definition) is 0. The second-order valence-electron chi connectivity index (χ2n) is 2.26. The van der Waals surface area contributed by atoms with Gasteiger partial charge in [-0.3, -0.25) is 0 Å². The van der Waals surface area contributed by atoms with Gasteiger partial charge >= 0.3 is 0 Å². The van der Waals surface area contributed by atoms with Gasteiger partial charge in [-0.2, -0.15) is 0 Å². The van der Waals surface area contributed by atoms with Crippen LogP contribution in [0.4, 0.5) is 0 Å². The third kappa shape index (κ3) is 1.69. The minimum absolute atomic E-state index is 0. The van der Waals surface area contributed by atoms with Crippen LogP contribution in [0.15, 0.2) is 42.5 Å². The van der Waals surface area contributed by atoms with Crippen LogP contribution in [0.3, 0.4) is 0 Å². The summed E-state index contributed by atoms with van der Waals surface area (Å²) in [5, 5.41) is 2.44. The van der Waals surface area contributed by atoms with Crippen molar-refractivity contribution in [2.75, 3.05) is 0 Å². The second-order valence-corrected chi connectivity index (χ2v) is 2.26. The molecular weight excluding hydrogens is 216 g/mol. The molecule has 0 nitrogen and oxygen atoms in total. The number of fused-ring (bicyclic) bond motifs is 1. The minimum Gasteiger partial charge on any atom is -0.147 e. The van der Waals surface area contributed by atoms with Crippen molar-refractivity contribution < 1.29 is 21.1 Å². The molecule has 0 aliphatic carbocycles. The molecule has 0 heterocycles. The van der Waals surface area contributed by atoms with E-state index in [9.17, 15) is 0 Å². The summed E-state index contributed by atoms with van der Waals surface area (Å²) in [4.78, 5) is 0. The summed E-state index contributed by atoms with van der Waals surface area (Å²) in [6.07, 6.45) is 0. The van der Waals surface area contributed by atoms with Crippen molar-refractivity contribution in [1.82, 2.24) is 0 Å². The molecule has 0 N–H and O–H groups in total. The van der Waals surface area contributed by atoms with Gasteiger partial charge in [-0.1, -0.05) is 12.1 Å². The smallest absolute Gasteiger partial charge is 0 e. The molecule has 0 bridgehead atoms. The van der Waals surface area contributed by atoms with Crippen molar-refractivity contribution in [1.29, 1.82) is 0 Å². The first-order valence-electron chi connectivity index (χ1n) is 3.32. The Morgan fingerprint density at radius 1 is 0.909 bits per heavy atom. The summed E-state index contributed by atoms with van der Waals surface area (Å²) >= 11 is 0. The zero-order chi connectivity index (χ0) is 6.81. The maximum atomic E-state index is 3.15. The normalized spacial score (nSPS) is 9.09. The van der Waals surface area contributed by atoms with Crippen molar-refractivity contribution >= 4 is 10.8 Å². The van der Waals surface area contributed by atoms with E-state index in [1.54, 1.807) is 0 Å². The van der Waals surface area contributed by atoms with Gasteiger partial charge in [0.2, 0.25) is 0 Å². The Morgan fingerprint density at radius 2 is 1.64 bits per heavy atom. The quantitative estimate of drug-likeness (QED) is 0.475. The van der Waals surface area contributed by atoms with E-state index < -0.39 is 0 Å². The molecule has 0 amide bonds. The Morgan fingerprint density at radius 3 is 2.45 bits per heavy atom. The molecule has 54 valence electrons. The Labute approximate surface area is 80.5 Å². The van der Waals surface area contributed by atoms with Crippen LogP contribution in [0, 0.1) is 6.07 Å². The van der Waals surface area contributed by atoms with E-state index in [4.69, 9.17) is 0 Å². The second kappa shape index (κ2) is 3.69. The molecule has 2 rings (SSSR count). The number of hydrogen-bond donors (Lipinski definition) is 0. The number of benzene rings is 2.